The molecule has 2 atom stereocenters. The molecule has 5 heteroatoms. The second-order valence-electron chi connectivity index (χ2n) is 7.11. The van der Waals surface area contributed by atoms with Gasteiger partial charge in [-0.15, -0.1) is 11.6 Å². The van der Waals surface area contributed by atoms with E-state index in [1.165, 1.54) is 0 Å². The van der Waals surface area contributed by atoms with Crippen LogP contribution < -0.4 is 14.2 Å². The summed E-state index contributed by atoms with van der Waals surface area (Å²) in [5.41, 5.74) is 2.54. The highest BCUT2D eigenvalue weighted by Gasteiger charge is 2.11. The molecule has 3 rings (SSSR count). The first-order valence-corrected chi connectivity index (χ1v) is 10.3. The number of hydrogen-bond donors (Lipinski definition) is 0. The van der Waals surface area contributed by atoms with Crippen molar-refractivity contribution in [2.24, 2.45) is 0 Å². The number of ether oxygens (including phenoxy) is 3. The minimum Gasteiger partial charge on any atom is -0.497 e. The van der Waals surface area contributed by atoms with E-state index >= 15 is 0 Å². The van der Waals surface area contributed by atoms with Crippen LogP contribution in [0.5, 0.6) is 17.2 Å². The molecule has 0 aromatic heterocycles. The molecule has 0 N–H and O–H groups in total. The summed E-state index contributed by atoms with van der Waals surface area (Å²) in [6.45, 7) is 3.91. The summed E-state index contributed by atoms with van der Waals surface area (Å²) in [6.07, 6.45) is 0.764. The van der Waals surface area contributed by atoms with Gasteiger partial charge in [0.2, 0.25) is 0 Å². The molecule has 4 nitrogen and oxygen atoms in total. The van der Waals surface area contributed by atoms with Crippen molar-refractivity contribution < 1.29 is 19.0 Å². The fraction of sp³-hybridized carbons (Fsp3) is 0.240. The molecule has 0 saturated carbocycles. The van der Waals surface area contributed by atoms with Crippen molar-refractivity contribution in [1.82, 2.24) is 0 Å². The minimum atomic E-state index is -0.408. The molecule has 0 aliphatic carbocycles. The van der Waals surface area contributed by atoms with Gasteiger partial charge in [0.15, 0.2) is 0 Å². The first-order valence-electron chi connectivity index (χ1n) is 9.82. The predicted octanol–water partition coefficient (Wildman–Crippen LogP) is 6.37. The van der Waals surface area contributed by atoms with Crippen LogP contribution in [0.2, 0.25) is 0 Å². The van der Waals surface area contributed by atoms with E-state index in [0.717, 1.165) is 23.3 Å². The van der Waals surface area contributed by atoms with Crippen LogP contribution in [0.3, 0.4) is 0 Å². The smallest absolute Gasteiger partial charge is 0.343 e. The van der Waals surface area contributed by atoms with E-state index in [1.807, 2.05) is 50.2 Å². The zero-order valence-corrected chi connectivity index (χ0v) is 18.1. The van der Waals surface area contributed by atoms with Crippen LogP contribution in [0, 0.1) is 0 Å². The van der Waals surface area contributed by atoms with Gasteiger partial charge < -0.3 is 14.2 Å². The second kappa shape index (κ2) is 10.2. The number of carbonyl (C=O) groups is 1. The number of alkyl halides is 1. The monoisotopic (exact) mass is 424 g/mol. The summed E-state index contributed by atoms with van der Waals surface area (Å²) in [7, 11) is 1.64. The van der Waals surface area contributed by atoms with E-state index in [4.69, 9.17) is 25.8 Å². The van der Waals surface area contributed by atoms with Gasteiger partial charge in [-0.1, -0.05) is 24.3 Å². The van der Waals surface area contributed by atoms with E-state index < -0.39 is 5.97 Å². The molecule has 0 spiro atoms. The largest absolute Gasteiger partial charge is 0.497 e. The Morgan fingerprint density at radius 3 is 1.83 bits per heavy atom. The van der Waals surface area contributed by atoms with Gasteiger partial charge in [-0.25, -0.2) is 4.79 Å². The summed E-state index contributed by atoms with van der Waals surface area (Å²) in [4.78, 5) is 12.4. The summed E-state index contributed by atoms with van der Waals surface area (Å²) in [5, 5.41) is 0.0522. The maximum atomic E-state index is 12.4. The Labute approximate surface area is 182 Å². The fourth-order valence-corrected chi connectivity index (χ4v) is 3.32. The molecule has 0 heterocycles. The fourth-order valence-electron chi connectivity index (χ4n) is 3.07. The molecule has 0 radical (unpaired) electrons. The lowest BCUT2D eigenvalue weighted by atomic mass is 10.0. The Hall–Kier alpha value is -2.98. The summed E-state index contributed by atoms with van der Waals surface area (Å²) >= 11 is 5.99. The lowest BCUT2D eigenvalue weighted by Crippen LogP contribution is -2.15. The highest BCUT2D eigenvalue weighted by molar-refractivity contribution is 6.20. The maximum Gasteiger partial charge on any atom is 0.343 e. The van der Waals surface area contributed by atoms with E-state index in [9.17, 15) is 4.79 Å². The molecule has 30 heavy (non-hydrogen) atoms. The number of rotatable bonds is 8. The van der Waals surface area contributed by atoms with Crippen LogP contribution in [0.1, 0.15) is 30.6 Å². The lowest BCUT2D eigenvalue weighted by Gasteiger charge is -2.16. The van der Waals surface area contributed by atoms with Gasteiger partial charge in [-0.05, 0) is 73.5 Å². The van der Waals surface area contributed by atoms with Crippen LogP contribution in [0.15, 0.2) is 72.8 Å². The van der Waals surface area contributed by atoms with Gasteiger partial charge >= 0.3 is 5.97 Å². The van der Waals surface area contributed by atoms with Crippen molar-refractivity contribution in [2.45, 2.75) is 31.7 Å². The van der Waals surface area contributed by atoms with Crippen molar-refractivity contribution in [3.8, 4) is 28.4 Å². The number of benzene rings is 3. The van der Waals surface area contributed by atoms with Gasteiger partial charge in [0.1, 0.15) is 17.2 Å². The summed E-state index contributed by atoms with van der Waals surface area (Å²) in [6, 6.07) is 22.1. The van der Waals surface area contributed by atoms with Gasteiger partial charge in [0, 0.05) is 11.8 Å². The summed E-state index contributed by atoms with van der Waals surface area (Å²) in [5.74, 6) is 1.57. The van der Waals surface area contributed by atoms with Crippen LogP contribution in [0.25, 0.3) is 11.1 Å². The maximum absolute atomic E-state index is 12.4. The Bertz CT molecular complexity index is 948. The molecule has 0 fully saturated rings. The third-order valence-corrected chi connectivity index (χ3v) is 4.75. The highest BCUT2D eigenvalue weighted by Crippen LogP contribution is 2.24. The normalized spacial score (nSPS) is 12.7. The van der Waals surface area contributed by atoms with Crippen LogP contribution in [-0.2, 0) is 0 Å². The molecule has 3 aromatic rings. The zero-order valence-electron chi connectivity index (χ0n) is 17.3. The Morgan fingerprint density at radius 1 is 0.800 bits per heavy atom. The third-order valence-electron chi connectivity index (χ3n) is 4.57. The molecule has 0 aliphatic rings. The molecule has 156 valence electrons. The van der Waals surface area contributed by atoms with Crippen molar-refractivity contribution in [2.75, 3.05) is 7.11 Å². The molecule has 0 bridgehead atoms. The molecule has 0 unspecified atom stereocenters. The quantitative estimate of drug-likeness (QED) is 0.239. The topological polar surface area (TPSA) is 44.8 Å². The van der Waals surface area contributed by atoms with Crippen molar-refractivity contribution in [1.29, 1.82) is 0 Å². The first-order chi connectivity index (χ1) is 14.4. The summed E-state index contributed by atoms with van der Waals surface area (Å²) < 4.78 is 16.5. The van der Waals surface area contributed by atoms with Gasteiger partial charge in [0.25, 0.3) is 0 Å². The number of halogens is 1. The van der Waals surface area contributed by atoms with Crippen molar-refractivity contribution in [3.63, 3.8) is 0 Å². The second-order valence-corrected chi connectivity index (χ2v) is 7.86. The predicted molar refractivity (Wildman–Crippen MR) is 120 cm³/mol. The van der Waals surface area contributed by atoms with E-state index in [2.05, 4.69) is 0 Å². The molecule has 0 amide bonds. The van der Waals surface area contributed by atoms with Crippen LogP contribution in [-0.4, -0.2) is 24.6 Å². The number of methoxy groups -OCH3 is 1. The minimum absolute atomic E-state index is 0.00937. The molecular weight excluding hydrogens is 400 g/mol. The van der Waals surface area contributed by atoms with Crippen molar-refractivity contribution in [3.05, 3.63) is 78.4 Å². The lowest BCUT2D eigenvalue weighted by molar-refractivity contribution is 0.0734. The number of hydrogen-bond acceptors (Lipinski definition) is 4. The van der Waals surface area contributed by atoms with E-state index in [0.29, 0.717) is 17.1 Å². The highest BCUT2D eigenvalue weighted by atomic mass is 35.5. The molecule has 0 aliphatic heterocycles. The Balaban J connectivity index is 1.60. The van der Waals surface area contributed by atoms with Gasteiger partial charge in [0.05, 0.1) is 18.8 Å². The Kier molecular flexibility index (Phi) is 7.36. The van der Waals surface area contributed by atoms with Crippen LogP contribution in [0.4, 0.5) is 0 Å². The van der Waals surface area contributed by atoms with Gasteiger partial charge in [-0.2, -0.15) is 0 Å². The molecule has 3 aromatic carbocycles. The average molecular weight is 425 g/mol. The number of esters is 1. The molecule has 0 saturated heterocycles. The first kappa shape index (κ1) is 21.7. The van der Waals surface area contributed by atoms with Gasteiger partial charge in [-0.3, -0.25) is 0 Å². The standard InChI is InChI=1S/C25H25ClO4/c1-17(26)16-18(2)29-23-12-14-24(15-13-23)30-25(27)21-6-4-19(5-7-21)20-8-10-22(28-3)11-9-20/h4-15,17-18H,16H2,1-3H3/t17-,18-/m0/s1. The van der Waals surface area contributed by atoms with Crippen LogP contribution >= 0.6 is 11.6 Å². The zero-order chi connectivity index (χ0) is 21.5. The van der Waals surface area contributed by atoms with E-state index in [1.54, 1.807) is 43.5 Å². The SMILES string of the molecule is COc1ccc(-c2ccc(C(=O)Oc3ccc(O[C@@H](C)C[C@H](C)Cl)cc3)cc2)cc1. The molecular formula is C25H25ClO4. The third kappa shape index (κ3) is 6.01. The average Bonchev–Trinajstić information content (AvgIpc) is 2.74. The van der Waals surface area contributed by atoms with E-state index in [-0.39, 0.29) is 11.5 Å². The Morgan fingerprint density at radius 2 is 1.30 bits per heavy atom. The number of carbonyl (C=O) groups excluding carboxylic acids is 1. The van der Waals surface area contributed by atoms with Crippen molar-refractivity contribution >= 4 is 17.6 Å².